The topological polar surface area (TPSA) is 84.9 Å². The molecule has 0 radical (unpaired) electrons. The Morgan fingerprint density at radius 1 is 1.10 bits per heavy atom. The summed E-state index contributed by atoms with van der Waals surface area (Å²) in [5.41, 5.74) is 1.22. The number of nitrogens with zero attached hydrogens (tertiary/aromatic N) is 1. The maximum Gasteiger partial charge on any atom is 0.335 e. The first kappa shape index (κ1) is 22.7. The number of urea groups is 1. The summed E-state index contributed by atoms with van der Waals surface area (Å²) in [6.07, 6.45) is 2.12. The number of nitrogens with one attached hydrogen (secondary N) is 1. The van der Waals surface area contributed by atoms with Crippen molar-refractivity contribution >= 4 is 52.8 Å². The van der Waals surface area contributed by atoms with Gasteiger partial charge in [-0.05, 0) is 54.8 Å². The summed E-state index contributed by atoms with van der Waals surface area (Å²) in [5, 5.41) is 2.83. The molecule has 1 aliphatic rings. The second-order valence-electron chi connectivity index (χ2n) is 6.77. The third kappa shape index (κ3) is 4.68. The van der Waals surface area contributed by atoms with Crippen molar-refractivity contribution in [2.24, 2.45) is 0 Å². The van der Waals surface area contributed by atoms with Crippen molar-refractivity contribution in [3.05, 3.63) is 57.1 Å². The number of halogens is 2. The molecule has 0 atom stereocenters. The van der Waals surface area contributed by atoms with Crippen molar-refractivity contribution in [3.63, 3.8) is 0 Å². The van der Waals surface area contributed by atoms with Gasteiger partial charge in [0.25, 0.3) is 11.8 Å². The number of barbiturate groups is 1. The lowest BCUT2D eigenvalue weighted by atomic mass is 10.1. The van der Waals surface area contributed by atoms with E-state index in [0.29, 0.717) is 28.7 Å². The fourth-order valence-corrected chi connectivity index (χ4v) is 3.40. The SMILES string of the molecule is CCCOc1c(Cl)cc(/C=C2\C(=O)NC(=O)N(c3ccc(C)c(Cl)c3)C2=O)cc1OC. The quantitative estimate of drug-likeness (QED) is 0.493. The molecule has 3 rings (SSSR count). The van der Waals surface area contributed by atoms with Gasteiger partial charge in [0.2, 0.25) is 0 Å². The standard InChI is InChI=1S/C22H20Cl2N2O5/c1-4-7-31-19-17(24)9-13(10-18(19)30-3)8-15-20(27)25-22(29)26(21(15)28)14-6-5-12(2)16(23)11-14/h5-6,8-11H,4,7H2,1-3H3,(H,25,27,29)/b15-8+. The van der Waals surface area contributed by atoms with Crippen LogP contribution in [0.25, 0.3) is 6.08 Å². The third-order valence-electron chi connectivity index (χ3n) is 4.53. The molecule has 0 aliphatic carbocycles. The van der Waals surface area contributed by atoms with Crippen LogP contribution in [-0.4, -0.2) is 31.6 Å². The Labute approximate surface area is 189 Å². The summed E-state index contributed by atoms with van der Waals surface area (Å²) in [7, 11) is 1.46. The lowest BCUT2D eigenvalue weighted by molar-refractivity contribution is -0.122. The van der Waals surface area contributed by atoms with Crippen LogP contribution in [-0.2, 0) is 9.59 Å². The molecule has 1 N–H and O–H groups in total. The average molecular weight is 463 g/mol. The molecular weight excluding hydrogens is 443 g/mol. The number of amides is 4. The second kappa shape index (κ2) is 9.41. The molecule has 1 fully saturated rings. The van der Waals surface area contributed by atoms with E-state index in [2.05, 4.69) is 5.32 Å². The van der Waals surface area contributed by atoms with Crippen molar-refractivity contribution in [1.29, 1.82) is 0 Å². The van der Waals surface area contributed by atoms with Gasteiger partial charge in [-0.15, -0.1) is 0 Å². The van der Waals surface area contributed by atoms with E-state index in [4.69, 9.17) is 32.7 Å². The molecule has 162 valence electrons. The smallest absolute Gasteiger partial charge is 0.335 e. The van der Waals surface area contributed by atoms with Gasteiger partial charge in [0.15, 0.2) is 11.5 Å². The van der Waals surface area contributed by atoms with Gasteiger partial charge in [-0.3, -0.25) is 14.9 Å². The number of methoxy groups -OCH3 is 1. The number of carbonyl (C=O) groups excluding carboxylic acids is 3. The van der Waals surface area contributed by atoms with Crippen LogP contribution in [0.3, 0.4) is 0 Å². The number of ether oxygens (including phenoxy) is 2. The van der Waals surface area contributed by atoms with E-state index in [9.17, 15) is 14.4 Å². The first-order chi connectivity index (χ1) is 14.8. The number of anilines is 1. The molecule has 0 unspecified atom stereocenters. The molecule has 1 heterocycles. The van der Waals surface area contributed by atoms with E-state index in [1.54, 1.807) is 31.2 Å². The van der Waals surface area contributed by atoms with Gasteiger partial charge in [0, 0.05) is 5.02 Å². The summed E-state index contributed by atoms with van der Waals surface area (Å²) < 4.78 is 11.0. The van der Waals surface area contributed by atoms with Crippen molar-refractivity contribution < 1.29 is 23.9 Å². The van der Waals surface area contributed by atoms with E-state index < -0.39 is 17.8 Å². The molecule has 0 saturated carbocycles. The highest BCUT2D eigenvalue weighted by Gasteiger charge is 2.37. The van der Waals surface area contributed by atoms with Crippen molar-refractivity contribution in [2.75, 3.05) is 18.6 Å². The lowest BCUT2D eigenvalue weighted by Crippen LogP contribution is -2.54. The molecule has 1 saturated heterocycles. The Balaban J connectivity index is 2.01. The number of hydrogen-bond acceptors (Lipinski definition) is 5. The van der Waals surface area contributed by atoms with E-state index in [0.717, 1.165) is 16.9 Å². The number of hydrogen-bond donors (Lipinski definition) is 1. The fraction of sp³-hybridized carbons (Fsp3) is 0.227. The highest BCUT2D eigenvalue weighted by Crippen LogP contribution is 2.37. The number of aryl methyl sites for hydroxylation is 1. The maximum atomic E-state index is 13.0. The van der Waals surface area contributed by atoms with Gasteiger partial charge in [-0.1, -0.05) is 36.2 Å². The summed E-state index contributed by atoms with van der Waals surface area (Å²) in [6, 6.07) is 7.02. The first-order valence-electron chi connectivity index (χ1n) is 9.44. The van der Waals surface area contributed by atoms with Gasteiger partial charge in [0.05, 0.1) is 24.4 Å². The summed E-state index contributed by atoms with van der Waals surface area (Å²) >= 11 is 12.5. The molecule has 0 spiro atoms. The van der Waals surface area contributed by atoms with Crippen LogP contribution in [0.2, 0.25) is 10.0 Å². The Kier molecular flexibility index (Phi) is 6.87. The minimum absolute atomic E-state index is 0.239. The van der Waals surface area contributed by atoms with Crippen LogP contribution < -0.4 is 19.7 Å². The normalized spacial score (nSPS) is 15.3. The average Bonchev–Trinajstić information content (AvgIpc) is 2.72. The Bertz CT molecular complexity index is 1100. The summed E-state index contributed by atoms with van der Waals surface area (Å²) in [6.45, 7) is 4.21. The number of imide groups is 2. The van der Waals surface area contributed by atoms with Crippen LogP contribution >= 0.6 is 23.2 Å². The van der Waals surface area contributed by atoms with E-state index in [1.807, 2.05) is 6.92 Å². The predicted octanol–water partition coefficient (Wildman–Crippen LogP) is 4.77. The number of benzene rings is 2. The van der Waals surface area contributed by atoms with Gasteiger partial charge < -0.3 is 9.47 Å². The highest BCUT2D eigenvalue weighted by molar-refractivity contribution is 6.39. The first-order valence-corrected chi connectivity index (χ1v) is 10.2. The molecule has 2 aromatic carbocycles. The zero-order valence-corrected chi connectivity index (χ0v) is 18.6. The molecule has 9 heteroatoms. The molecule has 0 bridgehead atoms. The zero-order chi connectivity index (χ0) is 22.7. The molecule has 31 heavy (non-hydrogen) atoms. The van der Waals surface area contributed by atoms with E-state index in [1.165, 1.54) is 19.3 Å². The van der Waals surface area contributed by atoms with Crippen LogP contribution in [0.15, 0.2) is 35.9 Å². The van der Waals surface area contributed by atoms with Crippen LogP contribution in [0.4, 0.5) is 10.5 Å². The lowest BCUT2D eigenvalue weighted by Gasteiger charge is -2.26. The van der Waals surface area contributed by atoms with Gasteiger partial charge >= 0.3 is 6.03 Å². The van der Waals surface area contributed by atoms with Crippen molar-refractivity contribution in [1.82, 2.24) is 5.32 Å². The van der Waals surface area contributed by atoms with E-state index in [-0.39, 0.29) is 16.3 Å². The second-order valence-corrected chi connectivity index (χ2v) is 7.59. The van der Waals surface area contributed by atoms with Gasteiger partial charge in [-0.2, -0.15) is 0 Å². The third-order valence-corrected chi connectivity index (χ3v) is 5.22. The van der Waals surface area contributed by atoms with Crippen LogP contribution in [0.1, 0.15) is 24.5 Å². The maximum absolute atomic E-state index is 13.0. The van der Waals surface area contributed by atoms with Gasteiger partial charge in [-0.25, -0.2) is 9.69 Å². The summed E-state index contributed by atoms with van der Waals surface area (Å²) in [4.78, 5) is 38.7. The zero-order valence-electron chi connectivity index (χ0n) is 17.1. The van der Waals surface area contributed by atoms with Crippen molar-refractivity contribution in [2.45, 2.75) is 20.3 Å². The Morgan fingerprint density at radius 3 is 2.48 bits per heavy atom. The van der Waals surface area contributed by atoms with E-state index >= 15 is 0 Å². The van der Waals surface area contributed by atoms with Gasteiger partial charge in [0.1, 0.15) is 5.57 Å². The van der Waals surface area contributed by atoms with Crippen LogP contribution in [0.5, 0.6) is 11.5 Å². The minimum atomic E-state index is -0.856. The Hall–Kier alpha value is -3.03. The molecule has 4 amide bonds. The largest absolute Gasteiger partial charge is 0.493 e. The Morgan fingerprint density at radius 2 is 1.84 bits per heavy atom. The van der Waals surface area contributed by atoms with Crippen LogP contribution in [0, 0.1) is 6.92 Å². The number of rotatable bonds is 6. The minimum Gasteiger partial charge on any atom is -0.493 e. The number of carbonyl (C=O) groups is 3. The van der Waals surface area contributed by atoms with Crippen molar-refractivity contribution in [3.8, 4) is 11.5 Å². The molecular formula is C22H20Cl2N2O5. The highest BCUT2D eigenvalue weighted by atomic mass is 35.5. The molecule has 2 aromatic rings. The predicted molar refractivity (Wildman–Crippen MR) is 119 cm³/mol. The fourth-order valence-electron chi connectivity index (χ4n) is 2.95. The molecule has 7 nitrogen and oxygen atoms in total. The molecule has 1 aliphatic heterocycles. The monoisotopic (exact) mass is 462 g/mol. The summed E-state index contributed by atoms with van der Waals surface area (Å²) in [5.74, 6) is -0.866. The molecule has 0 aromatic heterocycles.